The minimum absolute atomic E-state index is 0.00476. The minimum Gasteiger partial charge on any atom is -0.491 e. The van der Waals surface area contributed by atoms with Crippen LogP contribution < -0.4 is 9.64 Å². The Labute approximate surface area is 192 Å². The Morgan fingerprint density at radius 2 is 1.52 bits per heavy atom. The van der Waals surface area contributed by atoms with E-state index in [1.807, 2.05) is 25.8 Å². The largest absolute Gasteiger partial charge is 0.491 e. The molecule has 33 heavy (non-hydrogen) atoms. The summed E-state index contributed by atoms with van der Waals surface area (Å²) in [5.74, 6) is -0.188. The van der Waals surface area contributed by atoms with Gasteiger partial charge >= 0.3 is 0 Å². The molecule has 0 aliphatic carbocycles. The second-order valence-corrected chi connectivity index (χ2v) is 8.42. The number of nitro groups is 1. The quantitative estimate of drug-likeness (QED) is 0.379. The predicted octanol–water partition coefficient (Wildman–Crippen LogP) is 2.91. The first-order valence-corrected chi connectivity index (χ1v) is 10.8. The standard InChI is InChI=1S/C24H26N4O5/c1-16(2)33-20-10-8-18(9-11-20)27-23(29)21(17-4-6-19(7-5-17)28(31)32)22(24(27)30)26-14-12-25(3)13-15-26/h4-11,16H,12-15H2,1-3H3. The predicted molar refractivity (Wildman–Crippen MR) is 124 cm³/mol. The molecule has 0 bridgehead atoms. The second kappa shape index (κ2) is 9.03. The summed E-state index contributed by atoms with van der Waals surface area (Å²) in [5, 5.41) is 11.1. The fourth-order valence-electron chi connectivity index (χ4n) is 4.03. The molecule has 0 radical (unpaired) electrons. The summed E-state index contributed by atoms with van der Waals surface area (Å²) in [5.41, 5.74) is 1.46. The second-order valence-electron chi connectivity index (χ2n) is 8.42. The third kappa shape index (κ3) is 4.45. The molecule has 2 amide bonds. The molecule has 2 heterocycles. The summed E-state index contributed by atoms with van der Waals surface area (Å²) in [4.78, 5) is 43.0. The molecule has 172 valence electrons. The molecular weight excluding hydrogens is 424 g/mol. The van der Waals surface area contributed by atoms with Crippen LogP contribution in [0.1, 0.15) is 19.4 Å². The number of imide groups is 1. The third-order valence-electron chi connectivity index (χ3n) is 5.71. The Kier molecular flexibility index (Phi) is 6.15. The van der Waals surface area contributed by atoms with E-state index < -0.39 is 16.7 Å². The zero-order valence-corrected chi connectivity index (χ0v) is 18.9. The van der Waals surface area contributed by atoms with Gasteiger partial charge in [-0.15, -0.1) is 0 Å². The summed E-state index contributed by atoms with van der Waals surface area (Å²) in [6.45, 7) is 6.58. The summed E-state index contributed by atoms with van der Waals surface area (Å²) in [7, 11) is 2.01. The van der Waals surface area contributed by atoms with Gasteiger partial charge in [0.05, 0.1) is 22.3 Å². The molecule has 2 aliphatic heterocycles. The molecule has 0 spiro atoms. The minimum atomic E-state index is -0.492. The molecule has 2 aromatic carbocycles. The molecule has 0 unspecified atom stereocenters. The number of ether oxygens (including phenoxy) is 1. The Bertz CT molecular complexity index is 1100. The van der Waals surface area contributed by atoms with Crippen LogP contribution in [0.2, 0.25) is 0 Å². The Hall–Kier alpha value is -3.72. The Morgan fingerprint density at radius 3 is 2.06 bits per heavy atom. The van der Waals surface area contributed by atoms with Gasteiger partial charge in [-0.3, -0.25) is 19.7 Å². The van der Waals surface area contributed by atoms with E-state index in [1.165, 1.54) is 29.2 Å². The van der Waals surface area contributed by atoms with Crippen molar-refractivity contribution in [3.8, 4) is 5.75 Å². The van der Waals surface area contributed by atoms with Crippen molar-refractivity contribution >= 4 is 28.8 Å². The lowest BCUT2D eigenvalue weighted by Crippen LogP contribution is -2.46. The van der Waals surface area contributed by atoms with Gasteiger partial charge in [-0.25, -0.2) is 4.90 Å². The summed E-state index contributed by atoms with van der Waals surface area (Å²) >= 11 is 0. The van der Waals surface area contributed by atoms with Crippen LogP contribution >= 0.6 is 0 Å². The zero-order chi connectivity index (χ0) is 23.7. The van der Waals surface area contributed by atoms with E-state index in [2.05, 4.69) is 4.90 Å². The molecule has 9 heteroatoms. The fraction of sp³-hybridized carbons (Fsp3) is 0.333. The van der Waals surface area contributed by atoms with Crippen molar-refractivity contribution in [3.63, 3.8) is 0 Å². The zero-order valence-electron chi connectivity index (χ0n) is 18.9. The highest BCUT2D eigenvalue weighted by atomic mass is 16.6. The number of non-ortho nitro benzene ring substituents is 1. The lowest BCUT2D eigenvalue weighted by atomic mass is 10.0. The number of likely N-dealkylation sites (N-methyl/N-ethyl adjacent to an activating group) is 1. The maximum absolute atomic E-state index is 13.6. The fourth-order valence-corrected chi connectivity index (χ4v) is 4.03. The van der Waals surface area contributed by atoms with Gasteiger partial charge in [0, 0.05) is 38.3 Å². The van der Waals surface area contributed by atoms with E-state index >= 15 is 0 Å². The van der Waals surface area contributed by atoms with Gasteiger partial charge in [0.15, 0.2) is 0 Å². The first-order valence-electron chi connectivity index (χ1n) is 10.8. The van der Waals surface area contributed by atoms with Crippen LogP contribution in [-0.2, 0) is 9.59 Å². The molecule has 0 saturated carbocycles. The summed E-state index contributed by atoms with van der Waals surface area (Å²) in [6.07, 6.45) is 0.00476. The van der Waals surface area contributed by atoms with Gasteiger partial charge < -0.3 is 14.5 Å². The number of piperazine rings is 1. The first kappa shape index (κ1) is 22.5. The van der Waals surface area contributed by atoms with E-state index in [-0.39, 0.29) is 17.4 Å². The number of carbonyl (C=O) groups is 2. The Balaban J connectivity index is 1.73. The van der Waals surface area contributed by atoms with Crippen LogP contribution in [0, 0.1) is 10.1 Å². The number of hydrogen-bond donors (Lipinski definition) is 0. The average molecular weight is 450 g/mol. The Morgan fingerprint density at radius 1 is 0.909 bits per heavy atom. The van der Waals surface area contributed by atoms with E-state index in [9.17, 15) is 19.7 Å². The monoisotopic (exact) mass is 450 g/mol. The van der Waals surface area contributed by atoms with Crippen LogP contribution in [0.15, 0.2) is 54.2 Å². The number of rotatable bonds is 6. The van der Waals surface area contributed by atoms with E-state index in [1.54, 1.807) is 24.3 Å². The van der Waals surface area contributed by atoms with E-state index in [0.29, 0.717) is 35.8 Å². The SMILES string of the molecule is CC(C)Oc1ccc(N2C(=O)C(c3ccc([N+](=O)[O-])cc3)=C(N3CCN(C)CC3)C2=O)cc1. The van der Waals surface area contributed by atoms with Crippen LogP contribution in [-0.4, -0.2) is 65.9 Å². The first-order chi connectivity index (χ1) is 15.8. The maximum Gasteiger partial charge on any atom is 0.282 e. The summed E-state index contributed by atoms with van der Waals surface area (Å²) in [6, 6.07) is 12.6. The molecule has 0 N–H and O–H groups in total. The van der Waals surface area contributed by atoms with Crippen molar-refractivity contribution in [2.24, 2.45) is 0 Å². The highest BCUT2D eigenvalue weighted by Crippen LogP contribution is 2.36. The van der Waals surface area contributed by atoms with Gasteiger partial charge in [0.2, 0.25) is 0 Å². The van der Waals surface area contributed by atoms with Gasteiger partial charge in [-0.2, -0.15) is 0 Å². The van der Waals surface area contributed by atoms with Gasteiger partial charge in [0.25, 0.3) is 17.5 Å². The third-order valence-corrected chi connectivity index (χ3v) is 5.71. The van der Waals surface area contributed by atoms with Crippen LogP contribution in [0.4, 0.5) is 11.4 Å². The highest BCUT2D eigenvalue weighted by molar-refractivity contribution is 6.45. The lowest BCUT2D eigenvalue weighted by Gasteiger charge is -2.34. The van der Waals surface area contributed by atoms with Crippen molar-refractivity contribution in [1.82, 2.24) is 9.80 Å². The molecule has 9 nitrogen and oxygen atoms in total. The van der Waals surface area contributed by atoms with Crippen molar-refractivity contribution in [1.29, 1.82) is 0 Å². The molecule has 1 saturated heterocycles. The highest BCUT2D eigenvalue weighted by Gasteiger charge is 2.43. The molecule has 4 rings (SSSR count). The van der Waals surface area contributed by atoms with Gasteiger partial charge in [-0.05, 0) is 62.9 Å². The van der Waals surface area contributed by atoms with Gasteiger partial charge in [-0.1, -0.05) is 0 Å². The molecule has 0 atom stereocenters. The number of nitrogens with zero attached hydrogens (tertiary/aromatic N) is 4. The number of carbonyl (C=O) groups excluding carboxylic acids is 2. The van der Waals surface area contributed by atoms with Crippen molar-refractivity contribution in [2.75, 3.05) is 38.1 Å². The average Bonchev–Trinajstić information content (AvgIpc) is 3.04. The normalized spacial score (nSPS) is 17.3. The maximum atomic E-state index is 13.6. The summed E-state index contributed by atoms with van der Waals surface area (Å²) < 4.78 is 5.67. The molecular formula is C24H26N4O5. The topological polar surface area (TPSA) is 96.2 Å². The lowest BCUT2D eigenvalue weighted by molar-refractivity contribution is -0.384. The van der Waals surface area contributed by atoms with Crippen LogP contribution in [0.3, 0.4) is 0 Å². The van der Waals surface area contributed by atoms with Crippen molar-refractivity contribution < 1.29 is 19.2 Å². The molecule has 2 aromatic rings. The molecule has 2 aliphatic rings. The van der Waals surface area contributed by atoms with E-state index in [0.717, 1.165) is 13.1 Å². The van der Waals surface area contributed by atoms with Crippen LogP contribution in [0.5, 0.6) is 5.75 Å². The van der Waals surface area contributed by atoms with Crippen molar-refractivity contribution in [3.05, 3.63) is 69.9 Å². The molecule has 1 fully saturated rings. The number of anilines is 1. The number of nitro benzene ring substituents is 1. The molecule has 0 aromatic heterocycles. The smallest absolute Gasteiger partial charge is 0.282 e. The van der Waals surface area contributed by atoms with Crippen LogP contribution in [0.25, 0.3) is 5.57 Å². The van der Waals surface area contributed by atoms with E-state index in [4.69, 9.17) is 4.74 Å². The van der Waals surface area contributed by atoms with Gasteiger partial charge in [0.1, 0.15) is 11.4 Å². The van der Waals surface area contributed by atoms with Crippen molar-refractivity contribution in [2.45, 2.75) is 20.0 Å². The number of amides is 2. The number of hydrogen-bond acceptors (Lipinski definition) is 7. The number of benzene rings is 2.